The topological polar surface area (TPSA) is 68.2 Å². The van der Waals surface area contributed by atoms with Gasteiger partial charge in [0.25, 0.3) is 0 Å². The minimum Gasteiger partial charge on any atom is -0.486 e. The highest BCUT2D eigenvalue weighted by Gasteiger charge is 2.47. The molecule has 1 fully saturated rings. The van der Waals surface area contributed by atoms with Gasteiger partial charge in [0.2, 0.25) is 0 Å². The van der Waals surface area contributed by atoms with Crippen molar-refractivity contribution >= 4 is 44.1 Å². The minimum absolute atomic E-state index is 0.0417. The Morgan fingerprint density at radius 1 is 1.13 bits per heavy atom. The third-order valence-corrected chi connectivity index (χ3v) is 8.35. The normalized spacial score (nSPS) is 23.9. The maximum atomic E-state index is 13.3. The SMILES string of the molecule is O=S1(=O)C[C@@H]2N=C(SCc3ccc(F)cc3Cl)N(c3ccc4c(c3)OCCO4)[C@@H]2C1. The van der Waals surface area contributed by atoms with Crippen LogP contribution in [-0.2, 0) is 15.6 Å². The fraction of sp³-hybridized carbons (Fsp3) is 0.350. The van der Waals surface area contributed by atoms with Crippen molar-refractivity contribution in [2.24, 2.45) is 4.99 Å². The monoisotopic (exact) mass is 468 g/mol. The van der Waals surface area contributed by atoms with Crippen molar-refractivity contribution in [1.29, 1.82) is 0 Å². The molecular weight excluding hydrogens is 451 g/mol. The highest BCUT2D eigenvalue weighted by atomic mass is 35.5. The third kappa shape index (κ3) is 3.74. The second-order valence-corrected chi connectivity index (χ2v) is 10.8. The van der Waals surface area contributed by atoms with E-state index in [9.17, 15) is 12.8 Å². The number of aliphatic imine (C=N–C) groups is 1. The highest BCUT2D eigenvalue weighted by Crippen LogP contribution is 2.40. The Bertz CT molecular complexity index is 1140. The van der Waals surface area contributed by atoms with Crippen molar-refractivity contribution in [2.75, 3.05) is 29.6 Å². The molecule has 158 valence electrons. The molecule has 0 aliphatic carbocycles. The number of benzene rings is 2. The van der Waals surface area contributed by atoms with Crippen LogP contribution in [0, 0.1) is 5.82 Å². The number of halogens is 2. The molecule has 0 saturated carbocycles. The van der Waals surface area contributed by atoms with Crippen LogP contribution in [-0.4, -0.2) is 50.4 Å². The number of nitrogens with zero attached hydrogens (tertiary/aromatic N) is 2. The number of rotatable bonds is 3. The smallest absolute Gasteiger partial charge is 0.164 e. The Hall–Kier alpha value is -1.97. The Balaban J connectivity index is 1.45. The summed E-state index contributed by atoms with van der Waals surface area (Å²) in [5, 5.41) is 1.08. The first-order chi connectivity index (χ1) is 14.4. The first-order valence-corrected chi connectivity index (χ1v) is 12.6. The Morgan fingerprint density at radius 2 is 1.93 bits per heavy atom. The van der Waals surface area contributed by atoms with E-state index in [1.807, 2.05) is 23.1 Å². The lowest BCUT2D eigenvalue weighted by Crippen LogP contribution is -2.39. The van der Waals surface area contributed by atoms with Gasteiger partial charge in [0.1, 0.15) is 19.0 Å². The van der Waals surface area contributed by atoms with Gasteiger partial charge in [0.15, 0.2) is 26.5 Å². The number of fused-ring (bicyclic) bond motifs is 2. The van der Waals surface area contributed by atoms with Crippen LogP contribution in [0.25, 0.3) is 0 Å². The van der Waals surface area contributed by atoms with E-state index in [-0.39, 0.29) is 29.4 Å². The number of hydrogen-bond acceptors (Lipinski definition) is 7. The van der Waals surface area contributed by atoms with Crippen LogP contribution in [0.3, 0.4) is 0 Å². The van der Waals surface area contributed by atoms with Crippen molar-refractivity contribution in [1.82, 2.24) is 0 Å². The molecule has 2 aromatic carbocycles. The van der Waals surface area contributed by atoms with Crippen LogP contribution in [0.4, 0.5) is 10.1 Å². The summed E-state index contributed by atoms with van der Waals surface area (Å²) in [5.74, 6) is 1.50. The summed E-state index contributed by atoms with van der Waals surface area (Å²) < 4.78 is 49.1. The van der Waals surface area contributed by atoms with Crippen LogP contribution >= 0.6 is 23.4 Å². The molecule has 6 nitrogen and oxygen atoms in total. The zero-order valence-corrected chi connectivity index (χ0v) is 18.1. The quantitative estimate of drug-likeness (QED) is 0.686. The average Bonchev–Trinajstić information content (AvgIpc) is 3.18. The van der Waals surface area contributed by atoms with Gasteiger partial charge in [0.05, 0.1) is 23.6 Å². The van der Waals surface area contributed by atoms with E-state index in [0.29, 0.717) is 35.5 Å². The van der Waals surface area contributed by atoms with Crippen LogP contribution in [0.1, 0.15) is 5.56 Å². The first kappa shape index (κ1) is 20.0. The molecule has 1 saturated heterocycles. The molecule has 3 heterocycles. The highest BCUT2D eigenvalue weighted by molar-refractivity contribution is 8.13. The summed E-state index contributed by atoms with van der Waals surface area (Å²) in [4.78, 5) is 6.68. The summed E-state index contributed by atoms with van der Waals surface area (Å²) in [7, 11) is -3.14. The fourth-order valence-corrected chi connectivity index (χ4v) is 7.18. The van der Waals surface area contributed by atoms with Crippen molar-refractivity contribution < 1.29 is 22.3 Å². The molecule has 30 heavy (non-hydrogen) atoms. The largest absolute Gasteiger partial charge is 0.486 e. The molecule has 2 aromatic rings. The van der Waals surface area contributed by atoms with E-state index in [1.165, 1.54) is 23.9 Å². The van der Waals surface area contributed by atoms with Crippen molar-refractivity contribution in [3.63, 3.8) is 0 Å². The summed E-state index contributed by atoms with van der Waals surface area (Å²) in [6, 6.07) is 9.33. The van der Waals surface area contributed by atoms with E-state index in [4.69, 9.17) is 26.1 Å². The molecule has 3 aliphatic rings. The Kier molecular flexibility index (Phi) is 5.07. The molecule has 0 unspecified atom stereocenters. The molecule has 0 amide bonds. The van der Waals surface area contributed by atoms with E-state index in [1.54, 1.807) is 6.07 Å². The lowest BCUT2D eigenvalue weighted by atomic mass is 10.1. The molecule has 5 rings (SSSR count). The Morgan fingerprint density at radius 3 is 2.73 bits per heavy atom. The molecule has 0 spiro atoms. The van der Waals surface area contributed by atoms with Gasteiger partial charge in [-0.1, -0.05) is 29.4 Å². The van der Waals surface area contributed by atoms with Crippen molar-refractivity contribution in [2.45, 2.75) is 17.8 Å². The van der Waals surface area contributed by atoms with Gasteiger partial charge in [-0.05, 0) is 29.8 Å². The summed E-state index contributed by atoms with van der Waals surface area (Å²) in [6.07, 6.45) is 0. The number of thioether (sulfide) groups is 1. The predicted octanol–water partition coefficient (Wildman–Crippen LogP) is 3.53. The number of anilines is 1. The van der Waals surface area contributed by atoms with Gasteiger partial charge < -0.3 is 14.4 Å². The summed E-state index contributed by atoms with van der Waals surface area (Å²) in [5.41, 5.74) is 1.60. The molecule has 0 aromatic heterocycles. The minimum atomic E-state index is -3.14. The summed E-state index contributed by atoms with van der Waals surface area (Å²) in [6.45, 7) is 0.968. The molecule has 10 heteroatoms. The number of sulfone groups is 1. The fourth-order valence-electron chi connectivity index (χ4n) is 3.90. The second-order valence-electron chi connectivity index (χ2n) is 7.35. The summed E-state index contributed by atoms with van der Waals surface area (Å²) >= 11 is 7.62. The first-order valence-electron chi connectivity index (χ1n) is 9.43. The molecule has 0 N–H and O–H groups in total. The van der Waals surface area contributed by atoms with E-state index in [2.05, 4.69) is 0 Å². The van der Waals surface area contributed by atoms with Crippen LogP contribution in [0.5, 0.6) is 11.5 Å². The molecule has 3 aliphatic heterocycles. The van der Waals surface area contributed by atoms with Gasteiger partial charge >= 0.3 is 0 Å². The van der Waals surface area contributed by atoms with E-state index in [0.717, 1.165) is 16.4 Å². The van der Waals surface area contributed by atoms with Gasteiger partial charge in [-0.15, -0.1) is 0 Å². The number of amidine groups is 1. The van der Waals surface area contributed by atoms with Crippen LogP contribution in [0.15, 0.2) is 41.4 Å². The van der Waals surface area contributed by atoms with E-state index >= 15 is 0 Å². The lowest BCUT2D eigenvalue weighted by molar-refractivity contribution is 0.171. The zero-order chi connectivity index (χ0) is 20.9. The van der Waals surface area contributed by atoms with Gasteiger partial charge in [-0.2, -0.15) is 0 Å². The van der Waals surface area contributed by atoms with E-state index < -0.39 is 9.84 Å². The van der Waals surface area contributed by atoms with Crippen molar-refractivity contribution in [3.8, 4) is 11.5 Å². The van der Waals surface area contributed by atoms with Crippen LogP contribution < -0.4 is 14.4 Å². The maximum Gasteiger partial charge on any atom is 0.164 e. The average molecular weight is 469 g/mol. The van der Waals surface area contributed by atoms with Crippen molar-refractivity contribution in [3.05, 3.63) is 52.8 Å². The predicted molar refractivity (Wildman–Crippen MR) is 116 cm³/mol. The van der Waals surface area contributed by atoms with Gasteiger partial charge in [-0.25, -0.2) is 12.8 Å². The molecule has 2 atom stereocenters. The third-order valence-electron chi connectivity index (χ3n) is 5.28. The number of hydrogen-bond donors (Lipinski definition) is 0. The molecular formula is C20H18ClFN2O4S2. The van der Waals surface area contributed by atoms with Crippen LogP contribution in [0.2, 0.25) is 5.02 Å². The number of ether oxygens (including phenoxy) is 2. The molecule has 0 radical (unpaired) electrons. The second kappa shape index (κ2) is 7.62. The Labute approximate surface area is 182 Å². The zero-order valence-electron chi connectivity index (χ0n) is 15.8. The maximum absolute atomic E-state index is 13.3. The van der Waals surface area contributed by atoms with Gasteiger partial charge in [0, 0.05) is 22.5 Å². The standard InChI is InChI=1S/C20H18ClFN2O4S2/c21-15-7-13(22)2-1-12(15)9-29-20-23-16-10-30(25,26)11-17(16)24(20)14-3-4-18-19(8-14)28-6-5-27-18/h1-4,7-8,16-17H,5-6,9-11H2/t16-,17+/m0/s1. The molecule has 0 bridgehead atoms. The van der Waals surface area contributed by atoms with Gasteiger partial charge in [-0.3, -0.25) is 4.99 Å². The lowest BCUT2D eigenvalue weighted by Gasteiger charge is -2.28.